The molecule has 23 heavy (non-hydrogen) atoms. The lowest BCUT2D eigenvalue weighted by Gasteiger charge is -2.31. The molecule has 1 aromatic carbocycles. The second-order valence-electron chi connectivity index (χ2n) is 4.72. The molecule has 1 heterocycles. The van der Waals surface area contributed by atoms with Gasteiger partial charge in [0.15, 0.2) is 0 Å². The van der Waals surface area contributed by atoms with Crippen molar-refractivity contribution < 1.29 is 23.8 Å². The van der Waals surface area contributed by atoms with Gasteiger partial charge in [-0.25, -0.2) is 9.59 Å². The Morgan fingerprint density at radius 2 is 1.87 bits per heavy atom. The lowest BCUT2D eigenvalue weighted by atomic mass is 10.1. The molecule has 1 aliphatic heterocycles. The van der Waals surface area contributed by atoms with Crippen molar-refractivity contribution in [3.63, 3.8) is 0 Å². The molecule has 0 saturated heterocycles. The van der Waals surface area contributed by atoms with Crippen LogP contribution in [0.5, 0.6) is 0 Å². The molecule has 1 aliphatic rings. The second kappa shape index (κ2) is 7.42. The maximum Gasteiger partial charge on any atom is 0.355 e. The first-order valence-electron chi connectivity index (χ1n) is 6.83. The van der Waals surface area contributed by atoms with Crippen LogP contribution in [0.4, 0.5) is 5.69 Å². The number of rotatable bonds is 4. The molecule has 0 bridgehead atoms. The highest BCUT2D eigenvalue weighted by Crippen LogP contribution is 2.26. The number of anilines is 1. The monoisotopic (exact) mass is 316 g/mol. The zero-order valence-corrected chi connectivity index (χ0v) is 12.9. The number of carbonyl (C=O) groups excluding carboxylic acids is 2. The molecule has 0 spiro atoms. The van der Waals surface area contributed by atoms with Crippen molar-refractivity contribution in [2.45, 2.75) is 6.42 Å². The van der Waals surface area contributed by atoms with E-state index in [9.17, 15) is 9.59 Å². The molecule has 0 saturated carbocycles. The molecule has 0 fully saturated rings. The summed E-state index contributed by atoms with van der Waals surface area (Å²) in [4.78, 5) is 25.5. The zero-order valence-electron chi connectivity index (χ0n) is 12.9. The lowest BCUT2D eigenvalue weighted by Crippen LogP contribution is -2.38. The molecule has 1 aromatic rings. The summed E-state index contributed by atoms with van der Waals surface area (Å²) in [5.41, 5.74) is 1.70. The van der Waals surface area contributed by atoms with Crippen LogP contribution in [0, 0.1) is 11.3 Å². The molecule has 7 nitrogen and oxygen atoms in total. The quantitative estimate of drug-likeness (QED) is 0.770. The topological polar surface area (TPSA) is 88.9 Å². The number of ether oxygens (including phenoxy) is 3. The van der Waals surface area contributed by atoms with Gasteiger partial charge in [-0.2, -0.15) is 5.26 Å². The molecule has 0 radical (unpaired) electrons. The predicted octanol–water partition coefficient (Wildman–Crippen LogP) is 1.15. The van der Waals surface area contributed by atoms with Gasteiger partial charge in [-0.1, -0.05) is 12.1 Å². The minimum atomic E-state index is -0.644. The van der Waals surface area contributed by atoms with Gasteiger partial charge in [0.05, 0.1) is 38.9 Å². The van der Waals surface area contributed by atoms with Gasteiger partial charge in [-0.3, -0.25) is 0 Å². The molecular weight excluding hydrogens is 300 g/mol. The van der Waals surface area contributed by atoms with Crippen molar-refractivity contribution in [1.82, 2.24) is 0 Å². The summed E-state index contributed by atoms with van der Waals surface area (Å²) < 4.78 is 14.9. The maximum atomic E-state index is 12.1. The Kier molecular flexibility index (Phi) is 5.33. The molecule has 0 aliphatic carbocycles. The molecule has 7 heteroatoms. The van der Waals surface area contributed by atoms with E-state index >= 15 is 0 Å². The summed E-state index contributed by atoms with van der Waals surface area (Å²) in [7, 11) is 2.48. The van der Waals surface area contributed by atoms with E-state index in [4.69, 9.17) is 19.5 Å². The Labute approximate surface area is 133 Å². The first kappa shape index (κ1) is 16.5. The zero-order chi connectivity index (χ0) is 16.8. The van der Waals surface area contributed by atoms with Crippen molar-refractivity contribution in [2.24, 2.45) is 0 Å². The van der Waals surface area contributed by atoms with Crippen LogP contribution in [0.3, 0.4) is 0 Å². The average molecular weight is 316 g/mol. The number of hydrogen-bond acceptors (Lipinski definition) is 7. The van der Waals surface area contributed by atoms with Crippen molar-refractivity contribution in [3.05, 3.63) is 41.1 Å². The Bertz CT molecular complexity index is 673. The van der Waals surface area contributed by atoms with E-state index in [1.54, 1.807) is 24.3 Å². The number of methoxy groups -OCH3 is 2. The Morgan fingerprint density at radius 1 is 1.22 bits per heavy atom. The Balaban J connectivity index is 2.44. The van der Waals surface area contributed by atoms with Crippen molar-refractivity contribution in [1.29, 1.82) is 5.26 Å². The molecule has 0 N–H and O–H groups in total. The van der Waals surface area contributed by atoms with Crippen LogP contribution >= 0.6 is 0 Å². The van der Waals surface area contributed by atoms with E-state index in [0.29, 0.717) is 12.1 Å². The number of carbonyl (C=O) groups is 2. The van der Waals surface area contributed by atoms with Gasteiger partial charge < -0.3 is 19.1 Å². The molecular formula is C16H16N2O5. The Hall–Kier alpha value is -2.85. The first-order chi connectivity index (χ1) is 11.1. The van der Waals surface area contributed by atoms with Crippen LogP contribution in [-0.4, -0.2) is 39.5 Å². The smallest absolute Gasteiger partial charge is 0.355 e. The molecule has 0 unspecified atom stereocenters. The van der Waals surface area contributed by atoms with Crippen molar-refractivity contribution in [2.75, 3.05) is 32.5 Å². The summed E-state index contributed by atoms with van der Waals surface area (Å²) >= 11 is 0. The summed E-state index contributed by atoms with van der Waals surface area (Å²) in [6, 6.07) is 9.12. The SMILES string of the molecule is COC(=O)C1=C(C(=O)OC)N(c2ccc(CC#N)cc2)COC1. The number of esters is 2. The van der Waals surface area contributed by atoms with Gasteiger partial charge >= 0.3 is 11.9 Å². The average Bonchev–Trinajstić information content (AvgIpc) is 2.60. The molecule has 0 atom stereocenters. The largest absolute Gasteiger partial charge is 0.466 e. The minimum absolute atomic E-state index is 0.0277. The summed E-state index contributed by atoms with van der Waals surface area (Å²) in [6.45, 7) is 0.0721. The summed E-state index contributed by atoms with van der Waals surface area (Å²) in [6.07, 6.45) is 0.296. The first-order valence-corrected chi connectivity index (χ1v) is 6.83. The maximum absolute atomic E-state index is 12.1. The van der Waals surface area contributed by atoms with E-state index in [0.717, 1.165) is 5.56 Å². The third-order valence-electron chi connectivity index (χ3n) is 3.36. The number of nitrogens with zero attached hydrogens (tertiary/aromatic N) is 2. The van der Waals surface area contributed by atoms with E-state index in [-0.39, 0.29) is 24.6 Å². The van der Waals surface area contributed by atoms with Crippen LogP contribution in [0.2, 0.25) is 0 Å². The highest BCUT2D eigenvalue weighted by atomic mass is 16.5. The van der Waals surface area contributed by atoms with Crippen molar-refractivity contribution >= 4 is 17.6 Å². The fraction of sp³-hybridized carbons (Fsp3) is 0.312. The fourth-order valence-corrected chi connectivity index (χ4v) is 2.23. The van der Waals surface area contributed by atoms with Gasteiger partial charge in [-0.05, 0) is 17.7 Å². The lowest BCUT2D eigenvalue weighted by molar-refractivity contribution is -0.140. The molecule has 120 valence electrons. The molecule has 0 aromatic heterocycles. The van der Waals surface area contributed by atoms with Gasteiger partial charge in [0.1, 0.15) is 12.4 Å². The van der Waals surface area contributed by atoms with Gasteiger partial charge in [0.2, 0.25) is 0 Å². The fourth-order valence-electron chi connectivity index (χ4n) is 2.23. The summed E-state index contributed by atoms with van der Waals surface area (Å²) in [5.74, 6) is -1.29. The van der Waals surface area contributed by atoms with E-state index in [1.165, 1.54) is 19.1 Å². The number of hydrogen-bond donors (Lipinski definition) is 0. The molecule has 2 rings (SSSR count). The Morgan fingerprint density at radius 3 is 2.43 bits per heavy atom. The van der Waals surface area contributed by atoms with Crippen LogP contribution in [0.25, 0.3) is 0 Å². The van der Waals surface area contributed by atoms with E-state index < -0.39 is 11.9 Å². The third kappa shape index (κ3) is 3.49. The number of benzene rings is 1. The summed E-state index contributed by atoms with van der Waals surface area (Å²) in [5, 5.41) is 8.71. The normalized spacial score (nSPS) is 14.2. The van der Waals surface area contributed by atoms with Crippen LogP contribution in [-0.2, 0) is 30.2 Å². The standard InChI is InChI=1S/C16H16N2O5/c1-21-15(19)13-9-23-10-18(14(13)16(20)22-2)12-5-3-11(4-6-12)7-8-17/h3-6H,7,9-10H2,1-2H3. The van der Waals surface area contributed by atoms with Crippen molar-refractivity contribution in [3.8, 4) is 6.07 Å². The van der Waals surface area contributed by atoms with Crippen LogP contribution < -0.4 is 4.90 Å². The van der Waals surface area contributed by atoms with Crippen LogP contribution in [0.15, 0.2) is 35.5 Å². The van der Waals surface area contributed by atoms with Gasteiger partial charge in [0.25, 0.3) is 0 Å². The molecule has 0 amide bonds. The van der Waals surface area contributed by atoms with Gasteiger partial charge in [0, 0.05) is 5.69 Å². The predicted molar refractivity (Wildman–Crippen MR) is 80.1 cm³/mol. The number of nitriles is 1. The van der Waals surface area contributed by atoms with E-state index in [2.05, 4.69) is 6.07 Å². The van der Waals surface area contributed by atoms with E-state index in [1.807, 2.05) is 0 Å². The van der Waals surface area contributed by atoms with Crippen LogP contribution in [0.1, 0.15) is 5.56 Å². The van der Waals surface area contributed by atoms with Gasteiger partial charge in [-0.15, -0.1) is 0 Å². The highest BCUT2D eigenvalue weighted by Gasteiger charge is 2.32. The second-order valence-corrected chi connectivity index (χ2v) is 4.72. The highest BCUT2D eigenvalue weighted by molar-refractivity contribution is 6.03. The minimum Gasteiger partial charge on any atom is -0.466 e. The third-order valence-corrected chi connectivity index (χ3v) is 3.36.